The number of fused-ring (bicyclic) bond motifs is 1. The number of nitrogens with zero attached hydrogens (tertiary/aromatic N) is 2. The molecule has 4 rings (SSSR count). The first-order valence-electron chi connectivity index (χ1n) is 12.8. The summed E-state index contributed by atoms with van der Waals surface area (Å²) < 4.78 is 9.15. The lowest BCUT2D eigenvalue weighted by Gasteiger charge is -2.12. The van der Waals surface area contributed by atoms with Gasteiger partial charge in [0.15, 0.2) is 0 Å². The molecule has 1 heterocycles. The number of ether oxygens (including phenoxy) is 1. The molecule has 0 saturated heterocycles. The van der Waals surface area contributed by atoms with Crippen LogP contribution in [0.1, 0.15) is 60.8 Å². The van der Waals surface area contributed by atoms with Crippen LogP contribution in [-0.2, 0) is 13.0 Å². The lowest BCUT2D eigenvalue weighted by atomic mass is 9.99. The Bertz CT molecular complexity index is 1280. The van der Waals surface area contributed by atoms with E-state index in [0.717, 1.165) is 52.9 Å². The van der Waals surface area contributed by atoms with E-state index in [2.05, 4.69) is 70.0 Å². The average Bonchev–Trinajstić information content (AvgIpc) is 3.25. The van der Waals surface area contributed by atoms with Gasteiger partial charge in [-0.15, -0.1) is 0 Å². The summed E-state index contributed by atoms with van der Waals surface area (Å²) in [6.07, 6.45) is 3.76. The highest BCUT2D eigenvalue weighted by Crippen LogP contribution is 2.22. The second-order valence-electron chi connectivity index (χ2n) is 9.12. The summed E-state index contributed by atoms with van der Waals surface area (Å²) in [7, 11) is 0. The Kier molecular flexibility index (Phi) is 9.17. The standard InChI is InChI=1S/C30H34BrN3O2/c1-3-22(2)23-13-15-26(16-14-23)36-20-7-6-19-34-28-12-5-4-11-27(28)33-29(34)17-18-32-30(35)24-9-8-10-25(31)21-24/h4-5,8-16,21-22H,3,6-7,17-20H2,1-2H3,(H,32,35). The smallest absolute Gasteiger partial charge is 0.251 e. The molecule has 1 amide bonds. The van der Waals surface area contributed by atoms with Crippen molar-refractivity contribution in [2.24, 2.45) is 0 Å². The zero-order chi connectivity index (χ0) is 25.3. The molecule has 5 nitrogen and oxygen atoms in total. The van der Waals surface area contributed by atoms with Crippen LogP contribution < -0.4 is 10.1 Å². The zero-order valence-electron chi connectivity index (χ0n) is 21.0. The summed E-state index contributed by atoms with van der Waals surface area (Å²) in [5, 5.41) is 3.02. The van der Waals surface area contributed by atoms with Gasteiger partial charge in [-0.05, 0) is 73.2 Å². The van der Waals surface area contributed by atoms with E-state index in [1.165, 1.54) is 5.56 Å². The summed E-state index contributed by atoms with van der Waals surface area (Å²) in [6.45, 7) is 6.55. The number of nitrogens with one attached hydrogen (secondary N) is 1. The number of halogens is 1. The summed E-state index contributed by atoms with van der Waals surface area (Å²) in [6, 6.07) is 24.1. The van der Waals surface area contributed by atoms with Gasteiger partial charge >= 0.3 is 0 Å². The first-order valence-corrected chi connectivity index (χ1v) is 13.5. The van der Waals surface area contributed by atoms with Crippen LogP contribution in [0.25, 0.3) is 11.0 Å². The van der Waals surface area contributed by atoms with Crippen molar-refractivity contribution in [3.63, 3.8) is 0 Å². The van der Waals surface area contributed by atoms with E-state index in [1.54, 1.807) is 0 Å². The second kappa shape index (κ2) is 12.7. The van der Waals surface area contributed by atoms with Crippen molar-refractivity contribution in [2.75, 3.05) is 13.2 Å². The maximum atomic E-state index is 12.5. The van der Waals surface area contributed by atoms with Gasteiger partial charge in [-0.25, -0.2) is 4.98 Å². The van der Waals surface area contributed by atoms with E-state index in [1.807, 2.05) is 42.5 Å². The molecule has 0 aliphatic carbocycles. The average molecular weight is 549 g/mol. The van der Waals surface area contributed by atoms with Crippen LogP contribution in [0.3, 0.4) is 0 Å². The van der Waals surface area contributed by atoms with Gasteiger partial charge in [0.1, 0.15) is 11.6 Å². The van der Waals surface area contributed by atoms with Gasteiger partial charge in [-0.1, -0.05) is 60.1 Å². The Labute approximate surface area is 222 Å². The number of carbonyl (C=O) groups is 1. The summed E-state index contributed by atoms with van der Waals surface area (Å²) in [5.41, 5.74) is 4.13. The van der Waals surface area contributed by atoms with E-state index in [4.69, 9.17) is 9.72 Å². The van der Waals surface area contributed by atoms with Gasteiger partial charge < -0.3 is 14.6 Å². The van der Waals surface area contributed by atoms with Crippen molar-refractivity contribution in [3.8, 4) is 5.75 Å². The Balaban J connectivity index is 1.30. The minimum Gasteiger partial charge on any atom is -0.494 e. The van der Waals surface area contributed by atoms with Crippen molar-refractivity contribution < 1.29 is 9.53 Å². The number of rotatable bonds is 12. The lowest BCUT2D eigenvalue weighted by Crippen LogP contribution is -2.26. The van der Waals surface area contributed by atoms with Crippen molar-refractivity contribution in [1.29, 1.82) is 0 Å². The summed E-state index contributed by atoms with van der Waals surface area (Å²) in [4.78, 5) is 17.3. The molecule has 4 aromatic rings. The highest BCUT2D eigenvalue weighted by molar-refractivity contribution is 9.10. The molecule has 0 aliphatic heterocycles. The molecule has 1 atom stereocenters. The Morgan fingerprint density at radius 3 is 2.64 bits per heavy atom. The van der Waals surface area contributed by atoms with Crippen LogP contribution in [0, 0.1) is 0 Å². The monoisotopic (exact) mass is 547 g/mol. The summed E-state index contributed by atoms with van der Waals surface area (Å²) >= 11 is 3.42. The Morgan fingerprint density at radius 1 is 1.06 bits per heavy atom. The minimum absolute atomic E-state index is 0.0757. The number of para-hydroxylation sites is 2. The summed E-state index contributed by atoms with van der Waals surface area (Å²) in [5.74, 6) is 2.42. The zero-order valence-corrected chi connectivity index (χ0v) is 22.6. The lowest BCUT2D eigenvalue weighted by molar-refractivity contribution is 0.0954. The van der Waals surface area contributed by atoms with Crippen LogP contribution in [0.2, 0.25) is 0 Å². The molecule has 3 aromatic carbocycles. The van der Waals surface area contributed by atoms with Crippen LogP contribution in [0.5, 0.6) is 5.75 Å². The molecule has 0 fully saturated rings. The normalized spacial score (nSPS) is 12.0. The highest BCUT2D eigenvalue weighted by atomic mass is 79.9. The van der Waals surface area contributed by atoms with Crippen molar-refractivity contribution in [3.05, 3.63) is 94.2 Å². The second-order valence-corrected chi connectivity index (χ2v) is 10.0. The quantitative estimate of drug-likeness (QED) is 0.192. The van der Waals surface area contributed by atoms with E-state index < -0.39 is 0 Å². The maximum absolute atomic E-state index is 12.5. The Hall–Kier alpha value is -3.12. The predicted octanol–water partition coefficient (Wildman–Crippen LogP) is 7.14. The Morgan fingerprint density at radius 2 is 1.86 bits per heavy atom. The fraction of sp³-hybridized carbons (Fsp3) is 0.333. The molecular weight excluding hydrogens is 514 g/mol. The van der Waals surface area contributed by atoms with Gasteiger partial charge in [-0.3, -0.25) is 4.79 Å². The number of benzene rings is 3. The number of aryl methyl sites for hydroxylation is 1. The number of hydrogen-bond donors (Lipinski definition) is 1. The van der Waals surface area contributed by atoms with E-state index >= 15 is 0 Å². The molecule has 1 unspecified atom stereocenters. The molecule has 188 valence electrons. The van der Waals surface area contributed by atoms with E-state index in [-0.39, 0.29) is 5.91 Å². The highest BCUT2D eigenvalue weighted by Gasteiger charge is 2.12. The molecule has 36 heavy (non-hydrogen) atoms. The maximum Gasteiger partial charge on any atom is 0.251 e. The third kappa shape index (κ3) is 6.76. The van der Waals surface area contributed by atoms with Crippen LogP contribution in [-0.4, -0.2) is 28.6 Å². The van der Waals surface area contributed by atoms with E-state index in [0.29, 0.717) is 31.1 Å². The molecule has 1 N–H and O–H groups in total. The molecule has 0 aliphatic rings. The molecule has 1 aromatic heterocycles. The molecule has 0 bridgehead atoms. The molecular formula is C30H34BrN3O2. The molecule has 0 saturated carbocycles. The topological polar surface area (TPSA) is 56.1 Å². The SMILES string of the molecule is CCC(C)c1ccc(OCCCCn2c(CCNC(=O)c3cccc(Br)c3)nc3ccccc32)cc1. The number of hydrogen-bond acceptors (Lipinski definition) is 3. The van der Waals surface area contributed by atoms with Crippen molar-refractivity contribution >= 4 is 32.9 Å². The fourth-order valence-corrected chi connectivity index (χ4v) is 4.67. The molecule has 0 radical (unpaired) electrons. The van der Waals surface area contributed by atoms with Gasteiger partial charge in [0, 0.05) is 29.5 Å². The van der Waals surface area contributed by atoms with Crippen molar-refractivity contribution in [1.82, 2.24) is 14.9 Å². The van der Waals surface area contributed by atoms with Crippen LogP contribution in [0.15, 0.2) is 77.3 Å². The molecule has 0 spiro atoms. The molecule has 6 heteroatoms. The first-order chi connectivity index (χ1) is 17.5. The van der Waals surface area contributed by atoms with E-state index in [9.17, 15) is 4.79 Å². The largest absolute Gasteiger partial charge is 0.494 e. The number of carbonyl (C=O) groups excluding carboxylic acids is 1. The van der Waals surface area contributed by atoms with Crippen LogP contribution >= 0.6 is 15.9 Å². The number of aromatic nitrogens is 2. The number of unbranched alkanes of at least 4 members (excludes halogenated alkanes) is 1. The first kappa shape index (κ1) is 26.0. The van der Waals surface area contributed by atoms with Crippen molar-refractivity contribution in [2.45, 2.75) is 52.0 Å². The van der Waals surface area contributed by atoms with Gasteiger partial charge in [0.2, 0.25) is 0 Å². The fourth-order valence-electron chi connectivity index (χ4n) is 4.28. The number of imidazole rings is 1. The third-order valence-corrected chi connectivity index (χ3v) is 7.05. The van der Waals surface area contributed by atoms with Gasteiger partial charge in [0.05, 0.1) is 17.6 Å². The van der Waals surface area contributed by atoms with Crippen LogP contribution in [0.4, 0.5) is 0 Å². The van der Waals surface area contributed by atoms with Gasteiger partial charge in [0.25, 0.3) is 5.91 Å². The number of amides is 1. The minimum atomic E-state index is -0.0757. The third-order valence-electron chi connectivity index (χ3n) is 6.56. The van der Waals surface area contributed by atoms with Gasteiger partial charge in [-0.2, -0.15) is 0 Å². The predicted molar refractivity (Wildman–Crippen MR) is 150 cm³/mol.